The molecule has 0 radical (unpaired) electrons. The lowest BCUT2D eigenvalue weighted by Gasteiger charge is -2.06. The number of nitrogens with zero attached hydrogens (tertiary/aromatic N) is 6. The number of imidazole rings is 1. The van der Waals surface area contributed by atoms with Crippen molar-refractivity contribution in [1.29, 1.82) is 0 Å². The lowest BCUT2D eigenvalue weighted by molar-refractivity contribution is -0.145. The number of aromatic nitrogens is 6. The van der Waals surface area contributed by atoms with Gasteiger partial charge >= 0.3 is 6.18 Å². The zero-order valence-corrected chi connectivity index (χ0v) is 9.97. The van der Waals surface area contributed by atoms with Gasteiger partial charge in [-0.2, -0.15) is 18.3 Å². The van der Waals surface area contributed by atoms with Crippen molar-refractivity contribution in [2.75, 3.05) is 0 Å². The van der Waals surface area contributed by atoms with Crippen molar-refractivity contribution < 1.29 is 13.2 Å². The molecule has 0 atom stereocenters. The van der Waals surface area contributed by atoms with E-state index in [1.54, 1.807) is 19.9 Å². The van der Waals surface area contributed by atoms with Crippen LogP contribution in [0, 0.1) is 13.8 Å². The van der Waals surface area contributed by atoms with Crippen LogP contribution >= 0.6 is 0 Å². The standard InChI is InChI=1S/C10H8F3N6/c1-5-3-6(2)19(17-5)7-4-18-8(10(11,12)13)15-16-9(18)14-7/h3-4H,1-2H3/q-1. The molecule has 0 bridgehead atoms. The van der Waals surface area contributed by atoms with Gasteiger partial charge in [0.15, 0.2) is 5.82 Å². The molecule has 3 aromatic rings. The predicted octanol–water partition coefficient (Wildman–Crippen LogP) is 1.51. The number of hydrogen-bond donors (Lipinski definition) is 0. The first kappa shape index (κ1) is 11.8. The summed E-state index contributed by atoms with van der Waals surface area (Å²) in [5.41, 5.74) is 1.53. The molecule has 0 aromatic carbocycles. The minimum absolute atomic E-state index is 0.102. The molecule has 3 aromatic heterocycles. The molecule has 3 heterocycles. The van der Waals surface area contributed by atoms with E-state index in [9.17, 15) is 13.2 Å². The zero-order valence-electron chi connectivity index (χ0n) is 9.97. The SMILES string of the molecule is Cc1cc(C)n(-c2cn3c(C(F)(F)F)nnc3[n-]2)n1. The van der Waals surface area contributed by atoms with Crippen LogP contribution < -0.4 is 4.98 Å². The van der Waals surface area contributed by atoms with Crippen LogP contribution in [0.3, 0.4) is 0 Å². The van der Waals surface area contributed by atoms with E-state index in [4.69, 9.17) is 0 Å². The van der Waals surface area contributed by atoms with E-state index in [0.717, 1.165) is 15.8 Å². The molecule has 0 saturated carbocycles. The second-order valence-electron chi connectivity index (χ2n) is 4.13. The lowest BCUT2D eigenvalue weighted by atomic mass is 10.4. The lowest BCUT2D eigenvalue weighted by Crippen LogP contribution is -2.10. The van der Waals surface area contributed by atoms with Crippen molar-refractivity contribution in [3.05, 3.63) is 29.5 Å². The van der Waals surface area contributed by atoms with Crippen molar-refractivity contribution in [3.8, 4) is 5.82 Å². The largest absolute Gasteiger partial charge is 0.440 e. The molecule has 0 aliphatic carbocycles. The van der Waals surface area contributed by atoms with Crippen LogP contribution in [0.4, 0.5) is 13.2 Å². The Kier molecular flexibility index (Phi) is 2.22. The maximum absolute atomic E-state index is 12.7. The van der Waals surface area contributed by atoms with Crippen molar-refractivity contribution >= 4 is 5.78 Å². The predicted molar refractivity (Wildman–Crippen MR) is 57.9 cm³/mol. The number of rotatable bonds is 1. The fraction of sp³-hybridized carbons (Fsp3) is 0.300. The monoisotopic (exact) mass is 269 g/mol. The summed E-state index contributed by atoms with van der Waals surface area (Å²) >= 11 is 0. The summed E-state index contributed by atoms with van der Waals surface area (Å²) in [6, 6.07) is 1.81. The van der Waals surface area contributed by atoms with Crippen LogP contribution in [0.5, 0.6) is 0 Å². The van der Waals surface area contributed by atoms with Crippen molar-refractivity contribution in [1.82, 2.24) is 29.4 Å². The minimum Gasteiger partial charge on any atom is -0.329 e. The molecule has 0 aliphatic rings. The number of aryl methyl sites for hydroxylation is 2. The van der Waals surface area contributed by atoms with Gasteiger partial charge in [-0.05, 0) is 31.8 Å². The van der Waals surface area contributed by atoms with Crippen LogP contribution in [0.25, 0.3) is 11.6 Å². The summed E-state index contributed by atoms with van der Waals surface area (Å²) in [4.78, 5) is 3.98. The van der Waals surface area contributed by atoms with Crippen molar-refractivity contribution in [2.24, 2.45) is 0 Å². The molecule has 0 fully saturated rings. The van der Waals surface area contributed by atoms with Gasteiger partial charge in [0.2, 0.25) is 0 Å². The van der Waals surface area contributed by atoms with Crippen LogP contribution in [0.2, 0.25) is 0 Å². The topological polar surface area (TPSA) is 62.1 Å². The third-order valence-electron chi connectivity index (χ3n) is 2.62. The highest BCUT2D eigenvalue weighted by Crippen LogP contribution is 2.28. The van der Waals surface area contributed by atoms with Gasteiger partial charge < -0.3 is 9.38 Å². The highest BCUT2D eigenvalue weighted by Gasteiger charge is 2.34. The molecular weight excluding hydrogens is 261 g/mol. The maximum atomic E-state index is 12.7. The third kappa shape index (κ3) is 1.77. The van der Waals surface area contributed by atoms with E-state index in [1.807, 2.05) is 0 Å². The summed E-state index contributed by atoms with van der Waals surface area (Å²) in [6.07, 6.45) is -3.35. The van der Waals surface area contributed by atoms with Gasteiger partial charge in [-0.1, -0.05) is 0 Å². The first-order chi connectivity index (χ1) is 8.86. The first-order valence-corrected chi connectivity index (χ1v) is 5.35. The molecule has 0 N–H and O–H groups in total. The van der Waals surface area contributed by atoms with Crippen LogP contribution in [-0.2, 0) is 6.18 Å². The Bertz CT molecular complexity index is 747. The molecule has 19 heavy (non-hydrogen) atoms. The van der Waals surface area contributed by atoms with Crippen LogP contribution in [0.15, 0.2) is 12.3 Å². The quantitative estimate of drug-likeness (QED) is 0.671. The Balaban J connectivity index is 2.18. The molecule has 0 amide bonds. The molecule has 3 rings (SSSR count). The highest BCUT2D eigenvalue weighted by molar-refractivity contribution is 5.38. The fourth-order valence-electron chi connectivity index (χ4n) is 1.88. The summed E-state index contributed by atoms with van der Waals surface area (Å²) in [7, 11) is 0. The molecule has 9 heteroatoms. The molecule has 0 unspecified atom stereocenters. The second-order valence-corrected chi connectivity index (χ2v) is 4.13. The average molecular weight is 269 g/mol. The normalized spacial score (nSPS) is 12.5. The van der Waals surface area contributed by atoms with Gasteiger partial charge in [-0.15, -0.1) is 0 Å². The van der Waals surface area contributed by atoms with Crippen molar-refractivity contribution in [3.63, 3.8) is 0 Å². The van der Waals surface area contributed by atoms with Gasteiger partial charge in [0.05, 0.1) is 11.6 Å². The van der Waals surface area contributed by atoms with E-state index in [-0.39, 0.29) is 11.6 Å². The molecule has 0 aliphatic heterocycles. The van der Waals surface area contributed by atoms with Gasteiger partial charge in [-0.3, -0.25) is 4.68 Å². The zero-order chi connectivity index (χ0) is 13.8. The van der Waals surface area contributed by atoms with E-state index in [2.05, 4.69) is 20.3 Å². The second kappa shape index (κ2) is 3.59. The molecule has 0 spiro atoms. The summed E-state index contributed by atoms with van der Waals surface area (Å²) in [6.45, 7) is 3.58. The van der Waals surface area contributed by atoms with E-state index < -0.39 is 12.0 Å². The van der Waals surface area contributed by atoms with Gasteiger partial charge in [0, 0.05) is 5.69 Å². The first-order valence-electron chi connectivity index (χ1n) is 5.35. The Morgan fingerprint density at radius 2 is 1.95 bits per heavy atom. The molecule has 6 nitrogen and oxygen atoms in total. The Morgan fingerprint density at radius 1 is 1.21 bits per heavy atom. The fourth-order valence-corrected chi connectivity index (χ4v) is 1.88. The minimum atomic E-state index is -4.57. The van der Waals surface area contributed by atoms with E-state index in [1.165, 1.54) is 10.9 Å². The summed E-state index contributed by atoms with van der Waals surface area (Å²) in [5.74, 6) is -0.918. The highest BCUT2D eigenvalue weighted by atomic mass is 19.4. The Morgan fingerprint density at radius 3 is 2.53 bits per heavy atom. The van der Waals surface area contributed by atoms with Gasteiger partial charge in [0.25, 0.3) is 0 Å². The molecule has 100 valence electrons. The Hall–Kier alpha value is -2.32. The smallest absolute Gasteiger partial charge is 0.329 e. The van der Waals surface area contributed by atoms with Gasteiger partial charge in [0.1, 0.15) is 0 Å². The maximum Gasteiger partial charge on any atom is 0.440 e. The van der Waals surface area contributed by atoms with Gasteiger partial charge in [-0.25, -0.2) is 10.2 Å². The molecular formula is C10H8F3N6-. The number of halogens is 3. The summed E-state index contributed by atoms with van der Waals surface area (Å²) < 4.78 is 40.3. The van der Waals surface area contributed by atoms with Crippen LogP contribution in [0.1, 0.15) is 17.2 Å². The number of hydrogen-bond acceptors (Lipinski definition) is 3. The molecule has 0 saturated heterocycles. The Labute approximate surface area is 104 Å². The number of alkyl halides is 3. The van der Waals surface area contributed by atoms with E-state index in [0.29, 0.717) is 0 Å². The third-order valence-corrected chi connectivity index (χ3v) is 2.62. The summed E-state index contributed by atoms with van der Waals surface area (Å²) in [5, 5.41) is 10.7. The van der Waals surface area contributed by atoms with E-state index >= 15 is 0 Å². The number of fused-ring (bicyclic) bond motifs is 1. The van der Waals surface area contributed by atoms with Crippen LogP contribution in [-0.4, -0.2) is 24.4 Å². The average Bonchev–Trinajstić information content (AvgIpc) is 2.88. The van der Waals surface area contributed by atoms with Crippen molar-refractivity contribution in [2.45, 2.75) is 20.0 Å².